The number of benzene rings is 2. The molecule has 2 N–H and O–H groups in total. The first-order chi connectivity index (χ1) is 13.4. The topological polar surface area (TPSA) is 76.7 Å². The van der Waals surface area contributed by atoms with Gasteiger partial charge in [-0.3, -0.25) is 9.59 Å². The van der Waals surface area contributed by atoms with E-state index in [0.717, 1.165) is 11.1 Å². The maximum Gasteiger partial charge on any atom is 0.235 e. The van der Waals surface area contributed by atoms with Gasteiger partial charge in [0.1, 0.15) is 5.41 Å². The lowest BCUT2D eigenvalue weighted by Crippen LogP contribution is -2.48. The summed E-state index contributed by atoms with van der Waals surface area (Å²) in [5, 5.41) is 5.67. The van der Waals surface area contributed by atoms with Crippen LogP contribution in [0.15, 0.2) is 48.5 Å². The Kier molecular flexibility index (Phi) is 7.44. The second-order valence-electron chi connectivity index (χ2n) is 6.99. The van der Waals surface area contributed by atoms with Crippen molar-refractivity contribution in [1.29, 1.82) is 0 Å². The number of carbonyl (C=O) groups excluding carboxylic acids is 2. The molecule has 150 valence electrons. The Hall–Kier alpha value is -3.02. The van der Waals surface area contributed by atoms with Crippen LogP contribution in [-0.4, -0.2) is 32.6 Å². The standard InChI is InChI=1S/C22H28N2O4/c1-22(2,21(26)24-15-17-8-6-5-7-9-17)20(25)23-13-12-16-10-11-18(27-3)19(14-16)28-4/h5-11,14H,12-13,15H2,1-4H3,(H,23,25)(H,24,26). The Morgan fingerprint density at radius 2 is 1.50 bits per heavy atom. The lowest BCUT2D eigenvalue weighted by molar-refractivity contribution is -0.141. The summed E-state index contributed by atoms with van der Waals surface area (Å²) in [5.41, 5.74) is 0.830. The van der Waals surface area contributed by atoms with Crippen molar-refractivity contribution in [3.8, 4) is 11.5 Å². The SMILES string of the molecule is COc1ccc(CCNC(=O)C(C)(C)C(=O)NCc2ccccc2)cc1OC. The summed E-state index contributed by atoms with van der Waals surface area (Å²) in [7, 11) is 3.17. The van der Waals surface area contributed by atoms with Crippen LogP contribution in [0.1, 0.15) is 25.0 Å². The predicted octanol–water partition coefficient (Wildman–Crippen LogP) is 2.71. The van der Waals surface area contributed by atoms with E-state index in [9.17, 15) is 9.59 Å². The number of hydrogen-bond donors (Lipinski definition) is 2. The number of methoxy groups -OCH3 is 2. The molecule has 0 unspecified atom stereocenters. The van der Waals surface area contributed by atoms with Crippen LogP contribution in [-0.2, 0) is 22.6 Å². The Bertz CT molecular complexity index is 803. The van der Waals surface area contributed by atoms with E-state index in [1.54, 1.807) is 28.1 Å². The molecule has 0 aliphatic carbocycles. The van der Waals surface area contributed by atoms with Crippen LogP contribution >= 0.6 is 0 Å². The Labute approximate surface area is 166 Å². The number of amides is 2. The predicted molar refractivity (Wildman–Crippen MR) is 108 cm³/mol. The average molecular weight is 384 g/mol. The zero-order chi connectivity index (χ0) is 20.6. The first kappa shape index (κ1) is 21.3. The van der Waals surface area contributed by atoms with Crippen LogP contribution in [0.3, 0.4) is 0 Å². The van der Waals surface area contributed by atoms with E-state index in [1.165, 1.54) is 0 Å². The Morgan fingerprint density at radius 3 is 2.14 bits per heavy atom. The fraction of sp³-hybridized carbons (Fsp3) is 0.364. The zero-order valence-electron chi connectivity index (χ0n) is 16.9. The maximum absolute atomic E-state index is 12.5. The molecule has 0 bridgehead atoms. The van der Waals surface area contributed by atoms with Crippen molar-refractivity contribution < 1.29 is 19.1 Å². The van der Waals surface area contributed by atoms with Crippen molar-refractivity contribution in [1.82, 2.24) is 10.6 Å². The number of ether oxygens (including phenoxy) is 2. The van der Waals surface area contributed by atoms with Gasteiger partial charge in [0.25, 0.3) is 0 Å². The van der Waals surface area contributed by atoms with Gasteiger partial charge in [0.15, 0.2) is 11.5 Å². The van der Waals surface area contributed by atoms with Gasteiger partial charge in [-0.05, 0) is 43.5 Å². The van der Waals surface area contributed by atoms with E-state index in [-0.39, 0.29) is 11.8 Å². The molecule has 0 saturated carbocycles. The quantitative estimate of drug-likeness (QED) is 0.652. The zero-order valence-corrected chi connectivity index (χ0v) is 16.9. The lowest BCUT2D eigenvalue weighted by Gasteiger charge is -2.23. The molecule has 6 heteroatoms. The minimum Gasteiger partial charge on any atom is -0.493 e. The van der Waals surface area contributed by atoms with Crippen molar-refractivity contribution in [2.45, 2.75) is 26.8 Å². The van der Waals surface area contributed by atoms with E-state index in [4.69, 9.17) is 9.47 Å². The number of rotatable bonds is 9. The fourth-order valence-corrected chi connectivity index (χ4v) is 2.68. The summed E-state index contributed by atoms with van der Waals surface area (Å²) in [6.45, 7) is 4.06. The van der Waals surface area contributed by atoms with E-state index in [1.807, 2.05) is 48.5 Å². The van der Waals surface area contributed by atoms with Gasteiger partial charge in [0.05, 0.1) is 14.2 Å². The van der Waals surface area contributed by atoms with Gasteiger partial charge in [0.2, 0.25) is 11.8 Å². The normalized spacial score (nSPS) is 10.9. The first-order valence-electron chi connectivity index (χ1n) is 9.20. The summed E-state index contributed by atoms with van der Waals surface area (Å²) in [4.78, 5) is 25.0. The fourth-order valence-electron chi connectivity index (χ4n) is 2.68. The third-order valence-electron chi connectivity index (χ3n) is 4.58. The highest BCUT2D eigenvalue weighted by Gasteiger charge is 2.35. The second-order valence-corrected chi connectivity index (χ2v) is 6.99. The molecule has 0 heterocycles. The molecule has 28 heavy (non-hydrogen) atoms. The molecule has 0 aliphatic rings. The van der Waals surface area contributed by atoms with Crippen molar-refractivity contribution in [3.05, 3.63) is 59.7 Å². The van der Waals surface area contributed by atoms with Crippen LogP contribution in [0.4, 0.5) is 0 Å². The Balaban J connectivity index is 1.86. The van der Waals surface area contributed by atoms with Crippen molar-refractivity contribution in [3.63, 3.8) is 0 Å². The molecule has 0 fully saturated rings. The van der Waals surface area contributed by atoms with Crippen molar-refractivity contribution >= 4 is 11.8 Å². The smallest absolute Gasteiger partial charge is 0.235 e. The number of carbonyl (C=O) groups is 2. The molecule has 0 radical (unpaired) electrons. The summed E-state index contributed by atoms with van der Waals surface area (Å²) < 4.78 is 10.5. The van der Waals surface area contributed by atoms with Crippen LogP contribution in [0, 0.1) is 5.41 Å². The molecule has 2 aromatic carbocycles. The molecule has 2 rings (SSSR count). The highest BCUT2D eigenvalue weighted by molar-refractivity contribution is 6.04. The molecule has 0 aromatic heterocycles. The van der Waals surface area contributed by atoms with E-state index >= 15 is 0 Å². The molecule has 0 spiro atoms. The molecule has 6 nitrogen and oxygen atoms in total. The largest absolute Gasteiger partial charge is 0.493 e. The maximum atomic E-state index is 12.5. The number of hydrogen-bond acceptors (Lipinski definition) is 4. The first-order valence-corrected chi connectivity index (χ1v) is 9.20. The summed E-state index contributed by atoms with van der Waals surface area (Å²) in [6.07, 6.45) is 0.619. The van der Waals surface area contributed by atoms with Crippen LogP contribution in [0.2, 0.25) is 0 Å². The van der Waals surface area contributed by atoms with Gasteiger partial charge in [-0.15, -0.1) is 0 Å². The minimum absolute atomic E-state index is 0.306. The third-order valence-corrected chi connectivity index (χ3v) is 4.58. The molecule has 2 amide bonds. The lowest BCUT2D eigenvalue weighted by atomic mass is 9.91. The average Bonchev–Trinajstić information content (AvgIpc) is 2.72. The van der Waals surface area contributed by atoms with Gasteiger partial charge in [-0.1, -0.05) is 36.4 Å². The van der Waals surface area contributed by atoms with Gasteiger partial charge in [-0.2, -0.15) is 0 Å². The Morgan fingerprint density at radius 1 is 0.857 bits per heavy atom. The molecule has 0 saturated heterocycles. The summed E-state index contributed by atoms with van der Waals surface area (Å²) in [6, 6.07) is 15.2. The van der Waals surface area contributed by atoms with Gasteiger partial charge >= 0.3 is 0 Å². The van der Waals surface area contributed by atoms with Crippen molar-refractivity contribution in [2.75, 3.05) is 20.8 Å². The molecule has 2 aromatic rings. The van der Waals surface area contributed by atoms with Crippen LogP contribution < -0.4 is 20.1 Å². The van der Waals surface area contributed by atoms with Gasteiger partial charge in [-0.25, -0.2) is 0 Å². The van der Waals surface area contributed by atoms with E-state index in [0.29, 0.717) is 31.0 Å². The van der Waals surface area contributed by atoms with Crippen LogP contribution in [0.5, 0.6) is 11.5 Å². The van der Waals surface area contributed by atoms with E-state index in [2.05, 4.69) is 10.6 Å². The highest BCUT2D eigenvalue weighted by Crippen LogP contribution is 2.27. The number of nitrogens with one attached hydrogen (secondary N) is 2. The minimum atomic E-state index is -1.16. The highest BCUT2D eigenvalue weighted by atomic mass is 16.5. The summed E-state index contributed by atoms with van der Waals surface area (Å²) in [5.74, 6) is 0.692. The second kappa shape index (κ2) is 9.78. The molecular weight excluding hydrogens is 356 g/mol. The monoisotopic (exact) mass is 384 g/mol. The summed E-state index contributed by atoms with van der Waals surface area (Å²) >= 11 is 0. The molecular formula is C22H28N2O4. The van der Waals surface area contributed by atoms with Crippen molar-refractivity contribution in [2.24, 2.45) is 5.41 Å². The molecule has 0 atom stereocenters. The van der Waals surface area contributed by atoms with Gasteiger partial charge in [0, 0.05) is 13.1 Å². The van der Waals surface area contributed by atoms with E-state index < -0.39 is 5.41 Å². The molecule has 0 aliphatic heterocycles. The van der Waals surface area contributed by atoms with Crippen LogP contribution in [0.25, 0.3) is 0 Å². The van der Waals surface area contributed by atoms with Gasteiger partial charge < -0.3 is 20.1 Å². The third kappa shape index (κ3) is 5.49.